The van der Waals surface area contributed by atoms with E-state index in [1.165, 1.54) is 10.8 Å². The highest BCUT2D eigenvalue weighted by molar-refractivity contribution is 6.04. The molecule has 0 unspecified atom stereocenters. The molecule has 2 aliphatic rings. The Morgan fingerprint density at radius 1 is 0.818 bits per heavy atom. The van der Waals surface area contributed by atoms with E-state index in [9.17, 15) is 0 Å². The second-order valence-electron chi connectivity index (χ2n) is 8.33. The summed E-state index contributed by atoms with van der Waals surface area (Å²) in [5.41, 5.74) is 4.34. The molecule has 0 spiro atoms. The summed E-state index contributed by atoms with van der Waals surface area (Å²) in [7, 11) is 3.29. The molecule has 0 N–H and O–H groups in total. The van der Waals surface area contributed by atoms with Crippen LogP contribution < -0.4 is 14.2 Å². The number of para-hydroxylation sites is 1. The van der Waals surface area contributed by atoms with Crippen molar-refractivity contribution in [1.29, 1.82) is 0 Å². The van der Waals surface area contributed by atoms with E-state index in [4.69, 9.17) is 19.3 Å². The molecule has 4 aromatic rings. The maximum absolute atomic E-state index is 6.48. The zero-order valence-electron chi connectivity index (χ0n) is 18.6. The fourth-order valence-corrected chi connectivity index (χ4v) is 4.80. The molecule has 4 aromatic carbocycles. The lowest BCUT2D eigenvalue weighted by Gasteiger charge is -2.38. The molecule has 0 aromatic heterocycles. The molecule has 0 saturated heterocycles. The van der Waals surface area contributed by atoms with Crippen LogP contribution in [0.1, 0.15) is 35.4 Å². The molecule has 0 bridgehead atoms. The molecule has 0 radical (unpaired) electrons. The molecular weight excluding hydrogens is 412 g/mol. The van der Waals surface area contributed by atoms with E-state index in [2.05, 4.69) is 59.6 Å². The average Bonchev–Trinajstić information content (AvgIpc) is 3.33. The van der Waals surface area contributed by atoms with E-state index in [1.807, 2.05) is 30.3 Å². The van der Waals surface area contributed by atoms with Gasteiger partial charge in [0.25, 0.3) is 0 Å². The van der Waals surface area contributed by atoms with Crippen LogP contribution in [0.2, 0.25) is 0 Å². The van der Waals surface area contributed by atoms with Crippen LogP contribution in [0.4, 0.5) is 0 Å². The molecule has 0 aliphatic carbocycles. The first-order valence-corrected chi connectivity index (χ1v) is 11.1. The van der Waals surface area contributed by atoms with Gasteiger partial charge < -0.3 is 14.2 Å². The summed E-state index contributed by atoms with van der Waals surface area (Å²) in [5, 5.41) is 9.64. The lowest BCUT2D eigenvalue weighted by molar-refractivity contribution is -0.0191. The van der Waals surface area contributed by atoms with Crippen molar-refractivity contribution in [2.45, 2.75) is 18.7 Å². The topological polar surface area (TPSA) is 43.3 Å². The van der Waals surface area contributed by atoms with Crippen molar-refractivity contribution in [3.63, 3.8) is 0 Å². The predicted octanol–water partition coefficient (Wildman–Crippen LogP) is 6.10. The van der Waals surface area contributed by atoms with Gasteiger partial charge in [-0.2, -0.15) is 5.10 Å². The van der Waals surface area contributed by atoms with Crippen LogP contribution in [0, 0.1) is 0 Å². The lowest BCUT2D eigenvalue weighted by Crippen LogP contribution is -2.33. The molecule has 164 valence electrons. The Kier molecular flexibility index (Phi) is 4.68. The first-order chi connectivity index (χ1) is 16.2. The highest BCUT2D eigenvalue weighted by atomic mass is 16.5. The van der Waals surface area contributed by atoms with Crippen molar-refractivity contribution >= 4 is 16.5 Å². The predicted molar refractivity (Wildman–Crippen MR) is 129 cm³/mol. The first-order valence-electron chi connectivity index (χ1n) is 11.1. The number of benzene rings is 4. The SMILES string of the molecule is COc1ccc([C@H]2Oc3ccccc3[C@@H]3CC(c4ccc5ccccc5c4)=NN23)cc1OC. The van der Waals surface area contributed by atoms with Gasteiger partial charge in [-0.3, -0.25) is 0 Å². The number of nitrogens with zero attached hydrogens (tertiary/aromatic N) is 2. The summed E-state index contributed by atoms with van der Waals surface area (Å²) in [4.78, 5) is 0. The van der Waals surface area contributed by atoms with Gasteiger partial charge in [-0.15, -0.1) is 0 Å². The molecule has 5 heteroatoms. The largest absolute Gasteiger partial charge is 0.493 e. The Bertz CT molecular complexity index is 1380. The maximum Gasteiger partial charge on any atom is 0.214 e. The van der Waals surface area contributed by atoms with E-state index < -0.39 is 0 Å². The molecule has 6 rings (SSSR count). The van der Waals surface area contributed by atoms with Crippen molar-refractivity contribution in [3.8, 4) is 17.2 Å². The minimum absolute atomic E-state index is 0.106. The van der Waals surface area contributed by atoms with Crippen LogP contribution in [-0.2, 0) is 0 Å². The van der Waals surface area contributed by atoms with Gasteiger partial charge >= 0.3 is 0 Å². The second-order valence-corrected chi connectivity index (χ2v) is 8.33. The van der Waals surface area contributed by atoms with Gasteiger partial charge in [-0.25, -0.2) is 5.01 Å². The van der Waals surface area contributed by atoms with Crippen molar-refractivity contribution in [1.82, 2.24) is 5.01 Å². The number of rotatable bonds is 4. The molecule has 0 fully saturated rings. The number of hydrogen-bond donors (Lipinski definition) is 0. The van der Waals surface area contributed by atoms with Gasteiger partial charge in [-0.05, 0) is 46.7 Å². The Hall–Kier alpha value is -3.99. The quantitative estimate of drug-likeness (QED) is 0.388. The molecule has 33 heavy (non-hydrogen) atoms. The summed E-state index contributed by atoms with van der Waals surface area (Å²) < 4.78 is 17.5. The van der Waals surface area contributed by atoms with Crippen molar-refractivity contribution in [3.05, 3.63) is 102 Å². The number of hydrazone groups is 1. The van der Waals surface area contributed by atoms with E-state index in [0.717, 1.165) is 34.6 Å². The average molecular weight is 437 g/mol. The van der Waals surface area contributed by atoms with E-state index >= 15 is 0 Å². The number of methoxy groups -OCH3 is 2. The Balaban J connectivity index is 1.44. The fourth-order valence-electron chi connectivity index (χ4n) is 4.80. The summed E-state index contributed by atoms with van der Waals surface area (Å²) in [6.07, 6.45) is 0.463. The zero-order chi connectivity index (χ0) is 22.4. The van der Waals surface area contributed by atoms with Gasteiger partial charge in [0.2, 0.25) is 6.23 Å². The van der Waals surface area contributed by atoms with Crippen LogP contribution in [0.5, 0.6) is 17.2 Å². The van der Waals surface area contributed by atoms with Crippen molar-refractivity contribution in [2.24, 2.45) is 5.10 Å². The molecule has 2 aliphatic heterocycles. The smallest absolute Gasteiger partial charge is 0.214 e. The molecule has 2 heterocycles. The van der Waals surface area contributed by atoms with Crippen LogP contribution in [0.3, 0.4) is 0 Å². The molecule has 2 atom stereocenters. The number of ether oxygens (including phenoxy) is 3. The van der Waals surface area contributed by atoms with Gasteiger partial charge in [0.1, 0.15) is 5.75 Å². The highest BCUT2D eigenvalue weighted by Gasteiger charge is 2.41. The number of hydrogen-bond acceptors (Lipinski definition) is 5. The van der Waals surface area contributed by atoms with E-state index in [-0.39, 0.29) is 12.3 Å². The summed E-state index contributed by atoms with van der Waals surface area (Å²) in [5.74, 6) is 2.26. The third-order valence-electron chi connectivity index (χ3n) is 6.47. The van der Waals surface area contributed by atoms with Crippen LogP contribution in [0.15, 0.2) is 90.0 Å². The Labute approximate surface area is 192 Å². The Morgan fingerprint density at radius 3 is 2.45 bits per heavy atom. The monoisotopic (exact) mass is 436 g/mol. The van der Waals surface area contributed by atoms with Crippen LogP contribution in [-0.4, -0.2) is 24.9 Å². The minimum atomic E-state index is -0.359. The summed E-state index contributed by atoms with van der Waals surface area (Å²) in [6.45, 7) is 0. The van der Waals surface area contributed by atoms with E-state index in [1.54, 1.807) is 14.2 Å². The Morgan fingerprint density at radius 2 is 1.61 bits per heavy atom. The molecule has 5 nitrogen and oxygen atoms in total. The van der Waals surface area contributed by atoms with Crippen LogP contribution >= 0.6 is 0 Å². The zero-order valence-corrected chi connectivity index (χ0v) is 18.6. The summed E-state index contributed by atoms with van der Waals surface area (Å²) in [6, 6.07) is 29.2. The maximum atomic E-state index is 6.48. The standard InChI is InChI=1S/C28H24N2O3/c1-31-26-14-13-21(16-27(26)32-2)28-30-24(22-9-5-6-10-25(22)33-28)17-23(29-30)20-12-11-18-7-3-4-8-19(18)15-20/h3-16,24,28H,17H2,1-2H3/t24-,28+/m0/s1. The third kappa shape index (κ3) is 3.28. The van der Waals surface area contributed by atoms with Crippen LogP contribution in [0.25, 0.3) is 10.8 Å². The normalized spacial score (nSPS) is 18.8. The lowest BCUT2D eigenvalue weighted by atomic mass is 9.95. The minimum Gasteiger partial charge on any atom is -0.493 e. The third-order valence-corrected chi connectivity index (χ3v) is 6.47. The highest BCUT2D eigenvalue weighted by Crippen LogP contribution is 2.48. The van der Waals surface area contributed by atoms with Crippen molar-refractivity contribution in [2.75, 3.05) is 14.2 Å². The second kappa shape index (κ2) is 7.85. The van der Waals surface area contributed by atoms with Gasteiger partial charge in [0, 0.05) is 17.5 Å². The fraction of sp³-hybridized carbons (Fsp3) is 0.179. The number of fused-ring (bicyclic) bond motifs is 4. The van der Waals surface area contributed by atoms with Gasteiger partial charge in [-0.1, -0.05) is 54.6 Å². The molecule has 0 amide bonds. The van der Waals surface area contributed by atoms with Gasteiger partial charge in [0.05, 0.1) is 26.0 Å². The first kappa shape index (κ1) is 19.7. The molecular formula is C28H24N2O3. The molecule has 0 saturated carbocycles. The van der Waals surface area contributed by atoms with Crippen molar-refractivity contribution < 1.29 is 14.2 Å². The van der Waals surface area contributed by atoms with Gasteiger partial charge in [0.15, 0.2) is 11.5 Å². The van der Waals surface area contributed by atoms with E-state index in [0.29, 0.717) is 11.5 Å². The summed E-state index contributed by atoms with van der Waals surface area (Å²) >= 11 is 0.